The van der Waals surface area contributed by atoms with Gasteiger partial charge in [-0.15, -0.1) is 10.2 Å². The molecule has 0 aliphatic rings. The van der Waals surface area contributed by atoms with Crippen LogP contribution in [0, 0.1) is 13.8 Å². The summed E-state index contributed by atoms with van der Waals surface area (Å²) in [6.07, 6.45) is 4.76. The maximum Gasteiger partial charge on any atom is 0.251 e. The zero-order valence-corrected chi connectivity index (χ0v) is 18.8. The van der Waals surface area contributed by atoms with Gasteiger partial charge >= 0.3 is 0 Å². The molecule has 0 fully saturated rings. The van der Waals surface area contributed by atoms with Crippen molar-refractivity contribution in [1.82, 2.24) is 29.7 Å². The van der Waals surface area contributed by atoms with Crippen LogP contribution in [0.1, 0.15) is 45.6 Å². The van der Waals surface area contributed by atoms with Crippen LogP contribution in [-0.4, -0.2) is 42.3 Å². The van der Waals surface area contributed by atoms with Crippen molar-refractivity contribution in [1.29, 1.82) is 0 Å². The first-order chi connectivity index (χ1) is 15.0. The summed E-state index contributed by atoms with van der Waals surface area (Å²) in [4.78, 5) is 13.1. The average molecular weight is 435 g/mol. The molecule has 0 bridgehead atoms. The second kappa shape index (κ2) is 9.34. The number of aromatic nitrogens is 5. The number of nitrogens with zero attached hydrogens (tertiary/aromatic N) is 5. The second-order valence-electron chi connectivity index (χ2n) is 7.58. The van der Waals surface area contributed by atoms with Gasteiger partial charge in [0.25, 0.3) is 5.91 Å². The number of benzene rings is 1. The van der Waals surface area contributed by atoms with Crippen LogP contribution in [0.2, 0.25) is 0 Å². The van der Waals surface area contributed by atoms with Crippen LogP contribution in [0.3, 0.4) is 0 Å². The fourth-order valence-electron chi connectivity index (χ4n) is 3.66. The number of carbonyl (C=O) groups excluding carboxylic acids is 1. The first-order valence-electron chi connectivity index (χ1n) is 10.2. The Labute approximate surface area is 185 Å². The van der Waals surface area contributed by atoms with Crippen LogP contribution < -0.4 is 5.32 Å². The van der Waals surface area contributed by atoms with Gasteiger partial charge in [0, 0.05) is 17.5 Å². The number of hydrogen-bond donors (Lipinski definition) is 1. The van der Waals surface area contributed by atoms with Gasteiger partial charge in [0.05, 0.1) is 18.3 Å². The van der Waals surface area contributed by atoms with Crippen molar-refractivity contribution in [3.63, 3.8) is 0 Å². The third-order valence-electron chi connectivity index (χ3n) is 5.19. The number of fused-ring (bicyclic) bond motifs is 1. The van der Waals surface area contributed by atoms with E-state index in [-0.39, 0.29) is 11.9 Å². The highest BCUT2D eigenvalue weighted by atomic mass is 32.2. The van der Waals surface area contributed by atoms with Gasteiger partial charge in [-0.25, -0.2) is 0 Å². The maximum atomic E-state index is 13.1. The zero-order valence-electron chi connectivity index (χ0n) is 17.9. The molecule has 1 unspecified atom stereocenters. The summed E-state index contributed by atoms with van der Waals surface area (Å²) >= 11 is 1.74. The lowest BCUT2D eigenvalue weighted by molar-refractivity contribution is 0.0933. The Morgan fingerprint density at radius 2 is 2.00 bits per heavy atom. The van der Waals surface area contributed by atoms with Crippen molar-refractivity contribution in [2.24, 2.45) is 0 Å². The maximum absolute atomic E-state index is 13.1. The number of pyridine rings is 1. The fourth-order valence-corrected chi connectivity index (χ4v) is 4.13. The second-order valence-corrected chi connectivity index (χ2v) is 8.57. The van der Waals surface area contributed by atoms with Gasteiger partial charge in [-0.05, 0) is 68.2 Å². The Hall–Kier alpha value is -3.13. The predicted molar refractivity (Wildman–Crippen MR) is 123 cm³/mol. The van der Waals surface area contributed by atoms with Crippen molar-refractivity contribution >= 4 is 23.3 Å². The molecule has 0 aliphatic carbocycles. The first-order valence-corrected chi connectivity index (χ1v) is 11.6. The summed E-state index contributed by atoms with van der Waals surface area (Å²) in [5, 5.41) is 16.3. The van der Waals surface area contributed by atoms with E-state index in [1.165, 1.54) is 0 Å². The summed E-state index contributed by atoms with van der Waals surface area (Å²) in [5.74, 6) is 1.54. The molecule has 0 spiro atoms. The molecule has 1 aromatic carbocycles. The SMILES string of the molecule is CSCCC(NC(=O)c1cccc(Cn2nc(C)cc2C)c1)c1nnc2ccccn12. The summed E-state index contributed by atoms with van der Waals surface area (Å²) < 4.78 is 3.89. The molecule has 8 heteroatoms. The summed E-state index contributed by atoms with van der Waals surface area (Å²) in [5.41, 5.74) is 4.52. The van der Waals surface area contributed by atoms with Crippen LogP contribution in [0.4, 0.5) is 0 Å². The number of rotatable bonds is 8. The topological polar surface area (TPSA) is 77.1 Å². The number of thioether (sulfide) groups is 1. The smallest absolute Gasteiger partial charge is 0.251 e. The highest BCUT2D eigenvalue weighted by Crippen LogP contribution is 2.19. The van der Waals surface area contributed by atoms with E-state index in [0.29, 0.717) is 12.1 Å². The predicted octanol–water partition coefficient (Wildman–Crippen LogP) is 3.82. The molecule has 0 saturated heterocycles. The lowest BCUT2D eigenvalue weighted by Gasteiger charge is -2.17. The lowest BCUT2D eigenvalue weighted by Crippen LogP contribution is -2.30. The molecule has 0 aliphatic heterocycles. The number of nitrogens with one attached hydrogen (secondary N) is 1. The average Bonchev–Trinajstić information content (AvgIpc) is 3.33. The van der Waals surface area contributed by atoms with Crippen LogP contribution in [-0.2, 0) is 6.54 Å². The Bertz CT molecular complexity index is 1200. The number of aryl methyl sites for hydroxylation is 2. The molecular formula is C23H26N6OS. The number of carbonyl (C=O) groups is 1. The fraction of sp³-hybridized carbons (Fsp3) is 0.304. The summed E-state index contributed by atoms with van der Waals surface area (Å²) in [6, 6.07) is 15.3. The number of amides is 1. The van der Waals surface area contributed by atoms with E-state index in [0.717, 1.165) is 40.6 Å². The first kappa shape index (κ1) is 21.1. The largest absolute Gasteiger partial charge is 0.342 e. The van der Waals surface area contributed by atoms with E-state index in [1.807, 2.05) is 71.6 Å². The molecule has 31 heavy (non-hydrogen) atoms. The molecule has 160 valence electrons. The molecule has 3 aromatic heterocycles. The van der Waals surface area contributed by atoms with Gasteiger partial charge in [-0.1, -0.05) is 18.2 Å². The van der Waals surface area contributed by atoms with Gasteiger partial charge in [-0.3, -0.25) is 13.9 Å². The van der Waals surface area contributed by atoms with Crippen LogP contribution in [0.5, 0.6) is 0 Å². The van der Waals surface area contributed by atoms with Gasteiger partial charge < -0.3 is 5.32 Å². The molecule has 3 heterocycles. The normalized spacial score (nSPS) is 12.2. The molecular weight excluding hydrogens is 408 g/mol. The van der Waals surface area contributed by atoms with E-state index in [2.05, 4.69) is 32.9 Å². The Morgan fingerprint density at radius 1 is 1.13 bits per heavy atom. The molecule has 0 radical (unpaired) electrons. The van der Waals surface area contributed by atoms with E-state index in [1.54, 1.807) is 11.8 Å². The van der Waals surface area contributed by atoms with E-state index in [9.17, 15) is 4.79 Å². The molecule has 1 amide bonds. The van der Waals surface area contributed by atoms with Gasteiger partial charge in [0.15, 0.2) is 11.5 Å². The quantitative estimate of drug-likeness (QED) is 0.456. The minimum atomic E-state index is -0.225. The third-order valence-corrected chi connectivity index (χ3v) is 5.84. The Morgan fingerprint density at radius 3 is 2.77 bits per heavy atom. The van der Waals surface area contributed by atoms with Crippen LogP contribution >= 0.6 is 11.8 Å². The highest BCUT2D eigenvalue weighted by molar-refractivity contribution is 7.98. The van der Waals surface area contributed by atoms with Crippen molar-refractivity contribution in [2.75, 3.05) is 12.0 Å². The van der Waals surface area contributed by atoms with Gasteiger partial charge in [0.1, 0.15) is 0 Å². The van der Waals surface area contributed by atoms with Crippen molar-refractivity contribution < 1.29 is 4.79 Å². The molecule has 4 rings (SSSR count). The molecule has 1 N–H and O–H groups in total. The summed E-state index contributed by atoms with van der Waals surface area (Å²) in [7, 11) is 0. The Kier molecular flexibility index (Phi) is 6.36. The van der Waals surface area contributed by atoms with Crippen molar-refractivity contribution in [2.45, 2.75) is 32.9 Å². The monoisotopic (exact) mass is 434 g/mol. The zero-order chi connectivity index (χ0) is 21.8. The minimum absolute atomic E-state index is 0.117. The summed E-state index contributed by atoms with van der Waals surface area (Å²) in [6.45, 7) is 4.65. The highest BCUT2D eigenvalue weighted by Gasteiger charge is 2.21. The van der Waals surface area contributed by atoms with Gasteiger partial charge in [0.2, 0.25) is 0 Å². The van der Waals surface area contributed by atoms with Crippen LogP contribution in [0.15, 0.2) is 54.7 Å². The number of hydrogen-bond acceptors (Lipinski definition) is 5. The molecule has 7 nitrogen and oxygen atoms in total. The molecule has 0 saturated carbocycles. The van der Waals surface area contributed by atoms with E-state index < -0.39 is 0 Å². The molecule has 1 atom stereocenters. The van der Waals surface area contributed by atoms with Crippen LogP contribution in [0.25, 0.3) is 5.65 Å². The molecule has 4 aromatic rings. The van der Waals surface area contributed by atoms with E-state index >= 15 is 0 Å². The lowest BCUT2D eigenvalue weighted by atomic mass is 10.1. The Balaban J connectivity index is 1.55. The third kappa shape index (κ3) is 4.80. The van der Waals surface area contributed by atoms with E-state index in [4.69, 9.17) is 0 Å². The van der Waals surface area contributed by atoms with Crippen molar-refractivity contribution in [3.05, 3.63) is 83.1 Å². The minimum Gasteiger partial charge on any atom is -0.342 e. The van der Waals surface area contributed by atoms with Crippen molar-refractivity contribution in [3.8, 4) is 0 Å². The van der Waals surface area contributed by atoms with Gasteiger partial charge in [-0.2, -0.15) is 16.9 Å². The standard InChI is InChI=1S/C23H26N6OS/c1-16-13-17(2)29(27-16)15-18-7-6-8-19(14-18)23(30)24-20(10-12-31-3)22-26-25-21-9-4-5-11-28(21)22/h4-9,11,13-14,20H,10,12,15H2,1-3H3,(H,24,30).